The van der Waals surface area contributed by atoms with Crippen LogP contribution in [0.3, 0.4) is 0 Å². The van der Waals surface area contributed by atoms with Gasteiger partial charge in [0.15, 0.2) is 0 Å². The summed E-state index contributed by atoms with van der Waals surface area (Å²) in [5.41, 5.74) is 6.42. The Kier molecular flexibility index (Phi) is 4.48. The van der Waals surface area contributed by atoms with E-state index in [0.717, 1.165) is 41.0 Å². The Balaban J connectivity index is 2.17. The Hall–Kier alpha value is -0.520. The lowest BCUT2D eigenvalue weighted by Gasteiger charge is -2.22. The molecule has 92 valence electrons. The molecule has 1 saturated heterocycles. The summed E-state index contributed by atoms with van der Waals surface area (Å²) in [5, 5.41) is 8.15. The van der Waals surface area contributed by atoms with Gasteiger partial charge in [0, 0.05) is 33.4 Å². The molecule has 1 aromatic rings. The molecule has 0 radical (unpaired) electrons. The quantitative estimate of drug-likeness (QED) is 0.666. The summed E-state index contributed by atoms with van der Waals surface area (Å²) < 4.78 is 6.37. The Morgan fingerprint density at radius 2 is 2.12 bits per heavy atom. The number of benzene rings is 1. The van der Waals surface area contributed by atoms with E-state index in [9.17, 15) is 0 Å². The average molecular weight is 315 g/mol. The van der Waals surface area contributed by atoms with Crippen molar-refractivity contribution in [3.05, 3.63) is 28.2 Å². The molecule has 0 aliphatic carbocycles. The van der Waals surface area contributed by atoms with Crippen LogP contribution in [0, 0.1) is 5.41 Å². The molecule has 0 aromatic heterocycles. The fourth-order valence-electron chi connectivity index (χ4n) is 1.79. The molecule has 0 spiro atoms. The van der Waals surface area contributed by atoms with E-state index in [4.69, 9.17) is 15.9 Å². The first-order valence-corrected chi connectivity index (χ1v) is 7.22. The largest absolute Gasteiger partial charge is 0.384 e. The van der Waals surface area contributed by atoms with Crippen LogP contribution in [0.5, 0.6) is 0 Å². The highest BCUT2D eigenvalue weighted by molar-refractivity contribution is 9.10. The van der Waals surface area contributed by atoms with Gasteiger partial charge in [0.05, 0.1) is 0 Å². The summed E-state index contributed by atoms with van der Waals surface area (Å²) in [4.78, 5) is 1.08. The van der Waals surface area contributed by atoms with E-state index < -0.39 is 0 Å². The van der Waals surface area contributed by atoms with Gasteiger partial charge < -0.3 is 10.5 Å². The van der Waals surface area contributed by atoms with E-state index in [1.165, 1.54) is 0 Å². The van der Waals surface area contributed by atoms with Gasteiger partial charge in [0.2, 0.25) is 0 Å². The zero-order chi connectivity index (χ0) is 12.3. The molecule has 1 heterocycles. The number of thioether (sulfide) groups is 1. The minimum atomic E-state index is 0.132. The molecule has 1 aliphatic heterocycles. The Morgan fingerprint density at radius 1 is 1.41 bits per heavy atom. The predicted molar refractivity (Wildman–Crippen MR) is 74.9 cm³/mol. The number of ether oxygens (including phenoxy) is 1. The third-order valence-electron chi connectivity index (χ3n) is 2.70. The zero-order valence-corrected chi connectivity index (χ0v) is 11.8. The van der Waals surface area contributed by atoms with Gasteiger partial charge in [0.25, 0.3) is 0 Å². The zero-order valence-electron chi connectivity index (χ0n) is 9.41. The molecule has 2 rings (SSSR count). The van der Waals surface area contributed by atoms with Gasteiger partial charge in [0.1, 0.15) is 5.84 Å². The van der Waals surface area contributed by atoms with E-state index in [1.807, 2.05) is 18.2 Å². The van der Waals surface area contributed by atoms with E-state index >= 15 is 0 Å². The fourth-order valence-corrected chi connectivity index (χ4v) is 3.59. The van der Waals surface area contributed by atoms with Crippen molar-refractivity contribution in [1.82, 2.24) is 0 Å². The minimum Gasteiger partial charge on any atom is -0.384 e. The first-order valence-electron chi connectivity index (χ1n) is 5.55. The van der Waals surface area contributed by atoms with Crippen LogP contribution in [0.15, 0.2) is 27.6 Å². The topological polar surface area (TPSA) is 59.1 Å². The molecule has 3 nitrogen and oxygen atoms in total. The van der Waals surface area contributed by atoms with E-state index in [1.54, 1.807) is 11.8 Å². The maximum atomic E-state index is 7.59. The van der Waals surface area contributed by atoms with Gasteiger partial charge in [-0.05, 0) is 31.0 Å². The molecule has 0 unspecified atom stereocenters. The normalized spacial score (nSPS) is 17.0. The lowest BCUT2D eigenvalue weighted by Crippen LogP contribution is -2.18. The molecule has 1 aromatic carbocycles. The van der Waals surface area contributed by atoms with Crippen LogP contribution in [0.25, 0.3) is 0 Å². The van der Waals surface area contributed by atoms with Crippen LogP contribution < -0.4 is 5.73 Å². The molecule has 0 saturated carbocycles. The number of nitrogen functional groups attached to an aromatic ring is 1. The van der Waals surface area contributed by atoms with Gasteiger partial charge in [-0.3, -0.25) is 5.41 Å². The van der Waals surface area contributed by atoms with Crippen molar-refractivity contribution in [2.45, 2.75) is 23.0 Å². The summed E-state index contributed by atoms with van der Waals surface area (Å²) in [5.74, 6) is 0.132. The maximum Gasteiger partial charge on any atom is 0.123 e. The number of amidine groups is 1. The van der Waals surface area contributed by atoms with E-state index in [0.29, 0.717) is 5.25 Å². The van der Waals surface area contributed by atoms with E-state index in [-0.39, 0.29) is 5.84 Å². The first-order chi connectivity index (χ1) is 8.16. The maximum absolute atomic E-state index is 7.59. The predicted octanol–water partition coefficient (Wildman–Crippen LogP) is 3.00. The van der Waals surface area contributed by atoms with Crippen LogP contribution in [0.1, 0.15) is 18.4 Å². The standard InChI is InChI=1S/C12H15BrN2OS/c13-8-1-2-10(12(14)15)11(7-8)17-9-3-5-16-6-4-9/h1-2,7,9H,3-6H2,(H3,14,15). The number of rotatable bonds is 3. The number of hydrogen-bond donors (Lipinski definition) is 2. The summed E-state index contributed by atoms with van der Waals surface area (Å²) >= 11 is 5.26. The van der Waals surface area contributed by atoms with Crippen molar-refractivity contribution in [1.29, 1.82) is 5.41 Å². The lowest BCUT2D eigenvalue weighted by atomic mass is 10.2. The molecule has 0 bridgehead atoms. The highest BCUT2D eigenvalue weighted by Crippen LogP contribution is 2.33. The molecular formula is C12H15BrN2OS. The van der Waals surface area contributed by atoms with Gasteiger partial charge in [-0.15, -0.1) is 11.8 Å². The van der Waals surface area contributed by atoms with Crippen molar-refractivity contribution in [2.24, 2.45) is 5.73 Å². The molecule has 0 amide bonds. The molecule has 3 N–H and O–H groups in total. The Morgan fingerprint density at radius 3 is 2.76 bits per heavy atom. The SMILES string of the molecule is N=C(N)c1ccc(Br)cc1SC1CCOCC1. The monoisotopic (exact) mass is 314 g/mol. The highest BCUT2D eigenvalue weighted by Gasteiger charge is 2.17. The highest BCUT2D eigenvalue weighted by atomic mass is 79.9. The number of hydrogen-bond acceptors (Lipinski definition) is 3. The van der Waals surface area contributed by atoms with Crippen molar-refractivity contribution < 1.29 is 4.74 Å². The van der Waals surface area contributed by atoms with Crippen LogP contribution in [0.4, 0.5) is 0 Å². The summed E-state index contributed by atoms with van der Waals surface area (Å²) in [6.45, 7) is 1.67. The molecule has 5 heteroatoms. The molecule has 1 fully saturated rings. The van der Waals surface area contributed by atoms with Crippen molar-refractivity contribution >= 4 is 33.5 Å². The van der Waals surface area contributed by atoms with Crippen LogP contribution in [-0.4, -0.2) is 24.3 Å². The van der Waals surface area contributed by atoms with Gasteiger partial charge in [-0.2, -0.15) is 0 Å². The molecular weight excluding hydrogens is 300 g/mol. The minimum absolute atomic E-state index is 0.132. The first kappa shape index (κ1) is 12.9. The number of nitrogens with two attached hydrogens (primary N) is 1. The average Bonchev–Trinajstić information content (AvgIpc) is 2.30. The van der Waals surface area contributed by atoms with Crippen LogP contribution in [0.2, 0.25) is 0 Å². The second-order valence-electron chi connectivity index (χ2n) is 3.98. The van der Waals surface area contributed by atoms with Gasteiger partial charge in [-0.25, -0.2) is 0 Å². The van der Waals surface area contributed by atoms with Crippen molar-refractivity contribution in [3.63, 3.8) is 0 Å². The van der Waals surface area contributed by atoms with E-state index in [2.05, 4.69) is 15.9 Å². The number of halogens is 1. The Labute approximate surface area is 114 Å². The summed E-state index contributed by atoms with van der Waals surface area (Å²) in [7, 11) is 0. The molecule has 1 aliphatic rings. The van der Waals surface area contributed by atoms with Crippen molar-refractivity contribution in [3.8, 4) is 0 Å². The van der Waals surface area contributed by atoms with Crippen LogP contribution in [-0.2, 0) is 4.74 Å². The van der Waals surface area contributed by atoms with Crippen molar-refractivity contribution in [2.75, 3.05) is 13.2 Å². The molecule has 17 heavy (non-hydrogen) atoms. The fraction of sp³-hybridized carbons (Fsp3) is 0.417. The second kappa shape index (κ2) is 5.89. The summed E-state index contributed by atoms with van der Waals surface area (Å²) in [6.07, 6.45) is 2.13. The third kappa shape index (κ3) is 3.47. The number of nitrogens with one attached hydrogen (secondary N) is 1. The smallest absolute Gasteiger partial charge is 0.123 e. The third-order valence-corrected chi connectivity index (χ3v) is 4.59. The summed E-state index contributed by atoms with van der Waals surface area (Å²) in [6, 6.07) is 5.86. The van der Waals surface area contributed by atoms with Gasteiger partial charge >= 0.3 is 0 Å². The van der Waals surface area contributed by atoms with Crippen LogP contribution >= 0.6 is 27.7 Å². The second-order valence-corrected chi connectivity index (χ2v) is 6.24. The Bertz CT molecular complexity index is 419. The van der Waals surface area contributed by atoms with Gasteiger partial charge in [-0.1, -0.05) is 15.9 Å². The molecule has 0 atom stereocenters. The lowest BCUT2D eigenvalue weighted by molar-refractivity contribution is 0.100.